The summed E-state index contributed by atoms with van der Waals surface area (Å²) in [4.78, 5) is 31.9. The molecule has 0 saturated heterocycles. The molecular formula is C7H9NO6. The minimum atomic E-state index is -2.92. The number of carboxylic acids is 3. The molecule has 0 bridgehead atoms. The molecule has 1 aliphatic rings. The third kappa shape index (κ3) is 1.53. The SMILES string of the molecule is O=C(O)C(NC1CC1)(C(=O)O)C(=O)O. The largest absolute Gasteiger partial charge is 0.479 e. The maximum Gasteiger partial charge on any atom is 0.347 e. The van der Waals surface area contributed by atoms with E-state index in [9.17, 15) is 14.4 Å². The highest BCUT2D eigenvalue weighted by Crippen LogP contribution is 2.23. The summed E-state index contributed by atoms with van der Waals surface area (Å²) < 4.78 is 0. The summed E-state index contributed by atoms with van der Waals surface area (Å²) in [5.74, 6) is -5.74. The molecule has 0 unspecified atom stereocenters. The average molecular weight is 203 g/mol. The molecule has 78 valence electrons. The second-order valence-electron chi connectivity index (χ2n) is 3.08. The maximum absolute atomic E-state index is 10.6. The van der Waals surface area contributed by atoms with Crippen molar-refractivity contribution in [2.45, 2.75) is 24.4 Å². The van der Waals surface area contributed by atoms with Crippen molar-refractivity contribution in [2.75, 3.05) is 0 Å². The lowest BCUT2D eigenvalue weighted by atomic mass is 10.0. The molecule has 0 aromatic rings. The molecule has 4 N–H and O–H groups in total. The average Bonchev–Trinajstić information content (AvgIpc) is 2.80. The number of hydrogen-bond acceptors (Lipinski definition) is 4. The van der Waals surface area contributed by atoms with Gasteiger partial charge in [0, 0.05) is 6.04 Å². The van der Waals surface area contributed by atoms with Gasteiger partial charge >= 0.3 is 23.4 Å². The van der Waals surface area contributed by atoms with Gasteiger partial charge in [-0.3, -0.25) is 5.32 Å². The molecule has 7 nitrogen and oxygen atoms in total. The van der Waals surface area contributed by atoms with Crippen molar-refractivity contribution in [3.63, 3.8) is 0 Å². The van der Waals surface area contributed by atoms with Crippen molar-refractivity contribution in [1.82, 2.24) is 5.32 Å². The van der Waals surface area contributed by atoms with Crippen LogP contribution in [0.15, 0.2) is 0 Å². The van der Waals surface area contributed by atoms with Crippen LogP contribution in [0.25, 0.3) is 0 Å². The molecule has 0 radical (unpaired) electrons. The van der Waals surface area contributed by atoms with Crippen molar-refractivity contribution >= 4 is 17.9 Å². The summed E-state index contributed by atoms with van der Waals surface area (Å²) >= 11 is 0. The van der Waals surface area contributed by atoms with Gasteiger partial charge in [-0.05, 0) is 12.8 Å². The Bertz CT molecular complexity index is 259. The first-order chi connectivity index (χ1) is 6.41. The highest BCUT2D eigenvalue weighted by molar-refractivity contribution is 6.21. The molecule has 0 amide bonds. The number of aliphatic carboxylic acids is 3. The number of carboxylic acid groups (broad SMARTS) is 3. The molecule has 7 heteroatoms. The molecule has 14 heavy (non-hydrogen) atoms. The maximum atomic E-state index is 10.6. The van der Waals surface area contributed by atoms with Crippen LogP contribution in [0.3, 0.4) is 0 Å². The summed E-state index contributed by atoms with van der Waals surface area (Å²) in [5.41, 5.74) is -2.92. The molecular weight excluding hydrogens is 194 g/mol. The molecule has 0 spiro atoms. The summed E-state index contributed by atoms with van der Waals surface area (Å²) in [7, 11) is 0. The standard InChI is InChI=1S/C7H9NO6/c9-4(10)7(5(11)12,6(13)14)8-3-1-2-3/h3,8H,1-2H2,(H,9,10)(H,11,12)(H,13,14). The highest BCUT2D eigenvalue weighted by atomic mass is 16.4. The summed E-state index contributed by atoms with van der Waals surface area (Å²) in [6, 6.07) is -0.335. The lowest BCUT2D eigenvalue weighted by Gasteiger charge is -2.20. The minimum Gasteiger partial charge on any atom is -0.479 e. The second-order valence-corrected chi connectivity index (χ2v) is 3.08. The van der Waals surface area contributed by atoms with Crippen LogP contribution in [0.2, 0.25) is 0 Å². The quantitative estimate of drug-likeness (QED) is 0.410. The Balaban J connectivity index is 2.99. The monoisotopic (exact) mass is 203 g/mol. The van der Waals surface area contributed by atoms with Gasteiger partial charge in [-0.25, -0.2) is 14.4 Å². The number of carbonyl (C=O) groups is 3. The Hall–Kier alpha value is -1.63. The van der Waals surface area contributed by atoms with Gasteiger partial charge < -0.3 is 15.3 Å². The zero-order valence-electron chi connectivity index (χ0n) is 7.06. The zero-order chi connectivity index (χ0) is 10.9. The molecule has 0 aromatic carbocycles. The van der Waals surface area contributed by atoms with Crippen LogP contribution < -0.4 is 5.32 Å². The van der Waals surface area contributed by atoms with Crippen molar-refractivity contribution in [3.8, 4) is 0 Å². The number of hydrogen-bond donors (Lipinski definition) is 4. The van der Waals surface area contributed by atoms with E-state index in [1.54, 1.807) is 0 Å². The van der Waals surface area contributed by atoms with Crippen LogP contribution in [0.4, 0.5) is 0 Å². The Labute approximate surface area is 78.3 Å². The number of nitrogens with one attached hydrogen (secondary N) is 1. The topological polar surface area (TPSA) is 124 Å². The van der Waals surface area contributed by atoms with Crippen LogP contribution in [0.1, 0.15) is 12.8 Å². The zero-order valence-corrected chi connectivity index (χ0v) is 7.06. The van der Waals surface area contributed by atoms with Gasteiger partial charge in [-0.15, -0.1) is 0 Å². The van der Waals surface area contributed by atoms with E-state index in [2.05, 4.69) is 5.32 Å². The second kappa shape index (κ2) is 3.26. The molecule has 1 fully saturated rings. The van der Waals surface area contributed by atoms with E-state index in [4.69, 9.17) is 15.3 Å². The molecule has 0 aromatic heterocycles. The highest BCUT2D eigenvalue weighted by Gasteiger charge is 2.56. The van der Waals surface area contributed by atoms with E-state index in [1.165, 1.54) is 0 Å². The van der Waals surface area contributed by atoms with E-state index in [1.807, 2.05) is 0 Å². The van der Waals surface area contributed by atoms with Crippen LogP contribution >= 0.6 is 0 Å². The first-order valence-corrected chi connectivity index (χ1v) is 3.89. The fourth-order valence-electron chi connectivity index (χ4n) is 0.994. The van der Waals surface area contributed by atoms with Gasteiger partial charge in [0.05, 0.1) is 0 Å². The predicted molar refractivity (Wildman–Crippen MR) is 41.8 cm³/mol. The Kier molecular flexibility index (Phi) is 2.43. The van der Waals surface area contributed by atoms with E-state index in [-0.39, 0.29) is 6.04 Å². The lowest BCUT2D eigenvalue weighted by Crippen LogP contribution is -2.64. The molecule has 1 saturated carbocycles. The van der Waals surface area contributed by atoms with Crippen molar-refractivity contribution in [3.05, 3.63) is 0 Å². The third-order valence-electron chi connectivity index (χ3n) is 1.96. The van der Waals surface area contributed by atoms with Gasteiger partial charge in [0.15, 0.2) is 0 Å². The molecule has 1 rings (SSSR count). The van der Waals surface area contributed by atoms with Gasteiger partial charge in [0.2, 0.25) is 0 Å². The van der Waals surface area contributed by atoms with E-state index >= 15 is 0 Å². The van der Waals surface area contributed by atoms with Crippen LogP contribution in [-0.2, 0) is 14.4 Å². The van der Waals surface area contributed by atoms with Gasteiger partial charge in [-0.2, -0.15) is 0 Å². The smallest absolute Gasteiger partial charge is 0.347 e. The molecule has 0 aliphatic heterocycles. The van der Waals surface area contributed by atoms with E-state index < -0.39 is 23.4 Å². The van der Waals surface area contributed by atoms with Crippen LogP contribution in [0.5, 0.6) is 0 Å². The Morgan fingerprint density at radius 3 is 1.57 bits per heavy atom. The minimum absolute atomic E-state index is 0.335. The fourth-order valence-corrected chi connectivity index (χ4v) is 0.994. The van der Waals surface area contributed by atoms with Crippen molar-refractivity contribution in [2.24, 2.45) is 0 Å². The third-order valence-corrected chi connectivity index (χ3v) is 1.96. The van der Waals surface area contributed by atoms with Crippen molar-refractivity contribution < 1.29 is 29.7 Å². The van der Waals surface area contributed by atoms with Gasteiger partial charge in [-0.1, -0.05) is 0 Å². The normalized spacial score (nSPS) is 16.3. The Morgan fingerprint density at radius 2 is 1.36 bits per heavy atom. The van der Waals surface area contributed by atoms with Crippen LogP contribution in [0, 0.1) is 0 Å². The summed E-state index contributed by atoms with van der Waals surface area (Å²) in [6.07, 6.45) is 1.19. The first kappa shape index (κ1) is 10.5. The van der Waals surface area contributed by atoms with E-state index in [0.717, 1.165) is 0 Å². The van der Waals surface area contributed by atoms with E-state index in [0.29, 0.717) is 12.8 Å². The summed E-state index contributed by atoms with van der Waals surface area (Å²) in [5, 5.41) is 28.0. The Morgan fingerprint density at radius 1 is 1.00 bits per heavy atom. The van der Waals surface area contributed by atoms with Crippen LogP contribution in [-0.4, -0.2) is 44.8 Å². The lowest BCUT2D eigenvalue weighted by molar-refractivity contribution is -0.169. The molecule has 1 aliphatic carbocycles. The van der Waals surface area contributed by atoms with Gasteiger partial charge in [0.25, 0.3) is 0 Å². The fraction of sp³-hybridized carbons (Fsp3) is 0.571. The molecule has 0 heterocycles. The number of rotatable bonds is 5. The van der Waals surface area contributed by atoms with Gasteiger partial charge in [0.1, 0.15) is 0 Å². The first-order valence-electron chi connectivity index (χ1n) is 3.89. The molecule has 0 atom stereocenters. The van der Waals surface area contributed by atoms with Crippen molar-refractivity contribution in [1.29, 1.82) is 0 Å². The summed E-state index contributed by atoms with van der Waals surface area (Å²) in [6.45, 7) is 0. The predicted octanol–water partition coefficient (Wildman–Crippen LogP) is -1.27.